The summed E-state index contributed by atoms with van der Waals surface area (Å²) in [5.41, 5.74) is 3.24. The molecule has 0 rings (SSSR count). The normalized spacial score (nSPS) is 11.1. The summed E-state index contributed by atoms with van der Waals surface area (Å²) in [6.45, 7) is 6.89. The first kappa shape index (κ1) is 11.2. The minimum Gasteiger partial charge on any atom is -0.444 e. The number of carbonyl (C=O) groups is 1. The van der Waals surface area contributed by atoms with E-state index in [1.165, 1.54) is 4.90 Å². The van der Waals surface area contributed by atoms with E-state index in [4.69, 9.17) is 4.74 Å². The SMILES string of the molecule is CN(CC[NH3+])C(=O)OC(C)(C)C. The van der Waals surface area contributed by atoms with E-state index in [9.17, 15) is 4.79 Å². The van der Waals surface area contributed by atoms with Gasteiger partial charge in [0.2, 0.25) is 0 Å². The monoisotopic (exact) mass is 175 g/mol. The Labute approximate surface area is 73.7 Å². The first-order valence-electron chi connectivity index (χ1n) is 4.10. The third kappa shape index (κ3) is 4.96. The van der Waals surface area contributed by atoms with Gasteiger partial charge in [-0.2, -0.15) is 0 Å². The maximum Gasteiger partial charge on any atom is 0.410 e. The van der Waals surface area contributed by atoms with Gasteiger partial charge < -0.3 is 15.4 Å². The summed E-state index contributed by atoms with van der Waals surface area (Å²) >= 11 is 0. The molecule has 72 valence electrons. The van der Waals surface area contributed by atoms with Crippen LogP contribution in [0.15, 0.2) is 0 Å². The van der Waals surface area contributed by atoms with Crippen molar-refractivity contribution < 1.29 is 15.3 Å². The Morgan fingerprint density at radius 1 is 1.50 bits per heavy atom. The predicted octanol–water partition coefficient (Wildman–Crippen LogP) is 0.0952. The van der Waals surface area contributed by atoms with Crippen molar-refractivity contribution in [1.29, 1.82) is 0 Å². The third-order valence-electron chi connectivity index (χ3n) is 1.20. The van der Waals surface area contributed by atoms with Crippen molar-refractivity contribution in [3.63, 3.8) is 0 Å². The molecule has 0 bridgehead atoms. The van der Waals surface area contributed by atoms with Gasteiger partial charge in [0.05, 0.1) is 13.1 Å². The van der Waals surface area contributed by atoms with Crippen LogP contribution in [-0.4, -0.2) is 36.7 Å². The highest BCUT2D eigenvalue weighted by atomic mass is 16.6. The van der Waals surface area contributed by atoms with Crippen LogP contribution >= 0.6 is 0 Å². The van der Waals surface area contributed by atoms with E-state index in [-0.39, 0.29) is 6.09 Å². The van der Waals surface area contributed by atoms with Crippen molar-refractivity contribution in [2.75, 3.05) is 20.1 Å². The molecule has 0 aliphatic rings. The van der Waals surface area contributed by atoms with E-state index < -0.39 is 5.60 Å². The number of likely N-dealkylation sites (N-methyl/N-ethyl adjacent to an activating group) is 1. The average Bonchev–Trinajstić information content (AvgIpc) is 1.84. The van der Waals surface area contributed by atoms with Gasteiger partial charge in [-0.25, -0.2) is 4.79 Å². The molecule has 0 aliphatic carbocycles. The lowest BCUT2D eigenvalue weighted by molar-refractivity contribution is -0.367. The molecule has 0 saturated heterocycles. The van der Waals surface area contributed by atoms with Gasteiger partial charge in [-0.1, -0.05) is 0 Å². The number of carbonyl (C=O) groups excluding carboxylic acids is 1. The van der Waals surface area contributed by atoms with E-state index >= 15 is 0 Å². The number of hydrogen-bond donors (Lipinski definition) is 1. The summed E-state index contributed by atoms with van der Waals surface area (Å²) in [4.78, 5) is 12.8. The van der Waals surface area contributed by atoms with Crippen LogP contribution in [0.5, 0.6) is 0 Å². The Hall–Kier alpha value is -0.770. The Kier molecular flexibility index (Phi) is 4.03. The van der Waals surface area contributed by atoms with Crippen molar-refractivity contribution in [2.45, 2.75) is 26.4 Å². The average molecular weight is 175 g/mol. The summed E-state index contributed by atoms with van der Waals surface area (Å²) in [6, 6.07) is 0. The molecule has 4 heteroatoms. The lowest BCUT2D eigenvalue weighted by Gasteiger charge is -2.23. The van der Waals surface area contributed by atoms with Crippen molar-refractivity contribution >= 4 is 6.09 Å². The number of ether oxygens (including phenoxy) is 1. The topological polar surface area (TPSA) is 57.2 Å². The molecule has 1 amide bonds. The van der Waals surface area contributed by atoms with Gasteiger partial charge in [-0.3, -0.25) is 0 Å². The van der Waals surface area contributed by atoms with Crippen LogP contribution in [0.2, 0.25) is 0 Å². The van der Waals surface area contributed by atoms with Gasteiger partial charge in [0.25, 0.3) is 0 Å². The molecule has 0 saturated carbocycles. The van der Waals surface area contributed by atoms with E-state index in [2.05, 4.69) is 5.73 Å². The maximum atomic E-state index is 11.2. The predicted molar refractivity (Wildman–Crippen MR) is 46.6 cm³/mol. The second kappa shape index (κ2) is 4.30. The summed E-state index contributed by atoms with van der Waals surface area (Å²) in [5.74, 6) is 0. The third-order valence-corrected chi connectivity index (χ3v) is 1.20. The van der Waals surface area contributed by atoms with Crippen molar-refractivity contribution in [3.05, 3.63) is 0 Å². The zero-order chi connectivity index (χ0) is 9.78. The van der Waals surface area contributed by atoms with Crippen molar-refractivity contribution in [2.24, 2.45) is 0 Å². The maximum absolute atomic E-state index is 11.2. The largest absolute Gasteiger partial charge is 0.444 e. The number of nitrogens with zero attached hydrogens (tertiary/aromatic N) is 1. The molecule has 0 heterocycles. The van der Waals surface area contributed by atoms with Gasteiger partial charge in [-0.05, 0) is 20.8 Å². The fraction of sp³-hybridized carbons (Fsp3) is 0.875. The highest BCUT2D eigenvalue weighted by Gasteiger charge is 2.18. The fourth-order valence-electron chi connectivity index (χ4n) is 0.668. The second-order valence-corrected chi connectivity index (χ2v) is 3.76. The van der Waals surface area contributed by atoms with Crippen LogP contribution < -0.4 is 5.73 Å². The molecular weight excluding hydrogens is 156 g/mol. The lowest BCUT2D eigenvalue weighted by Crippen LogP contribution is -2.55. The van der Waals surface area contributed by atoms with Crippen LogP contribution in [-0.2, 0) is 4.74 Å². The van der Waals surface area contributed by atoms with Gasteiger partial charge in [0.1, 0.15) is 5.60 Å². The molecule has 0 aromatic rings. The minimum atomic E-state index is -0.410. The van der Waals surface area contributed by atoms with E-state index in [1.54, 1.807) is 7.05 Å². The standard InChI is InChI=1S/C8H18N2O2/c1-8(2,3)12-7(11)10(4)6-5-9/h5-6,9H2,1-4H3/p+1. The Morgan fingerprint density at radius 3 is 2.33 bits per heavy atom. The fourth-order valence-corrected chi connectivity index (χ4v) is 0.668. The molecule has 0 aromatic carbocycles. The van der Waals surface area contributed by atoms with E-state index in [1.807, 2.05) is 20.8 Å². The van der Waals surface area contributed by atoms with Crippen LogP contribution in [0.3, 0.4) is 0 Å². The molecule has 12 heavy (non-hydrogen) atoms. The molecule has 0 fully saturated rings. The molecular formula is C8H19N2O2+. The zero-order valence-corrected chi connectivity index (χ0v) is 8.39. The molecule has 4 nitrogen and oxygen atoms in total. The first-order chi connectivity index (χ1) is 5.37. The van der Waals surface area contributed by atoms with Crippen LogP contribution in [0.25, 0.3) is 0 Å². The smallest absolute Gasteiger partial charge is 0.410 e. The van der Waals surface area contributed by atoms with Gasteiger partial charge >= 0.3 is 6.09 Å². The quantitative estimate of drug-likeness (QED) is 0.647. The number of amides is 1. The Morgan fingerprint density at radius 2 is 2.00 bits per heavy atom. The number of hydrogen-bond acceptors (Lipinski definition) is 2. The summed E-state index contributed by atoms with van der Waals surface area (Å²) in [6.07, 6.45) is -0.286. The highest BCUT2D eigenvalue weighted by molar-refractivity contribution is 5.67. The molecule has 0 spiro atoms. The van der Waals surface area contributed by atoms with Crippen LogP contribution in [0, 0.1) is 0 Å². The molecule has 0 atom stereocenters. The van der Waals surface area contributed by atoms with Crippen LogP contribution in [0.4, 0.5) is 4.79 Å². The van der Waals surface area contributed by atoms with Crippen LogP contribution in [0.1, 0.15) is 20.8 Å². The Bertz CT molecular complexity index is 152. The van der Waals surface area contributed by atoms with Gasteiger partial charge in [-0.15, -0.1) is 0 Å². The van der Waals surface area contributed by atoms with E-state index in [0.717, 1.165) is 0 Å². The summed E-state index contributed by atoms with van der Waals surface area (Å²) in [5, 5.41) is 0. The molecule has 0 aromatic heterocycles. The molecule has 3 N–H and O–H groups in total. The summed E-state index contributed by atoms with van der Waals surface area (Å²) in [7, 11) is 1.71. The van der Waals surface area contributed by atoms with Gasteiger partial charge in [0.15, 0.2) is 0 Å². The highest BCUT2D eigenvalue weighted by Crippen LogP contribution is 2.08. The van der Waals surface area contributed by atoms with Gasteiger partial charge in [0, 0.05) is 7.05 Å². The summed E-state index contributed by atoms with van der Waals surface area (Å²) < 4.78 is 5.11. The minimum absolute atomic E-state index is 0.286. The first-order valence-corrected chi connectivity index (χ1v) is 4.10. The molecule has 0 aliphatic heterocycles. The number of quaternary nitrogens is 1. The second-order valence-electron chi connectivity index (χ2n) is 3.76. The molecule has 0 radical (unpaired) electrons. The zero-order valence-electron chi connectivity index (χ0n) is 8.39. The van der Waals surface area contributed by atoms with Crippen molar-refractivity contribution in [3.8, 4) is 0 Å². The Balaban J connectivity index is 3.87. The molecule has 0 unspecified atom stereocenters. The lowest BCUT2D eigenvalue weighted by atomic mass is 10.2. The van der Waals surface area contributed by atoms with Crippen molar-refractivity contribution in [1.82, 2.24) is 4.90 Å². The van der Waals surface area contributed by atoms with E-state index in [0.29, 0.717) is 13.1 Å². The number of rotatable bonds is 2.